The number of rotatable bonds is 62. The van der Waals surface area contributed by atoms with E-state index in [4.69, 9.17) is 9.05 Å². The zero-order chi connectivity index (χ0) is 60.5. The van der Waals surface area contributed by atoms with E-state index in [-0.39, 0.29) is 19.1 Å². The number of nitrogens with zero attached hydrogens (tertiary/aromatic N) is 1. The largest absolute Gasteiger partial charge is 0.472 e. The van der Waals surface area contributed by atoms with E-state index in [0.29, 0.717) is 23.9 Å². The van der Waals surface area contributed by atoms with Crippen molar-refractivity contribution in [3.05, 3.63) is 122 Å². The zero-order valence-electron chi connectivity index (χ0n) is 54.7. The Labute approximate surface area is 514 Å². The van der Waals surface area contributed by atoms with Crippen molar-refractivity contribution >= 4 is 13.7 Å². The lowest BCUT2D eigenvalue weighted by molar-refractivity contribution is -0.870. The topological polar surface area (TPSA) is 105 Å². The van der Waals surface area contributed by atoms with E-state index in [9.17, 15) is 19.4 Å². The van der Waals surface area contributed by atoms with E-state index >= 15 is 0 Å². The number of aliphatic hydroxyl groups excluding tert-OH is 1. The van der Waals surface area contributed by atoms with Crippen molar-refractivity contribution in [3.8, 4) is 0 Å². The quantitative estimate of drug-likeness (QED) is 0.0243. The molecule has 0 aromatic carbocycles. The predicted octanol–water partition coefficient (Wildman–Crippen LogP) is 22.0. The molecule has 0 aliphatic carbocycles. The molecule has 0 spiro atoms. The number of aliphatic hydroxyl groups is 1. The summed E-state index contributed by atoms with van der Waals surface area (Å²) in [4.78, 5) is 23.4. The van der Waals surface area contributed by atoms with Crippen molar-refractivity contribution < 1.29 is 32.9 Å². The van der Waals surface area contributed by atoms with Crippen LogP contribution < -0.4 is 5.32 Å². The summed E-state index contributed by atoms with van der Waals surface area (Å²) in [5.74, 6) is -0.170. The third kappa shape index (κ3) is 66.3. The first-order valence-electron chi connectivity index (χ1n) is 34.4. The van der Waals surface area contributed by atoms with Crippen molar-refractivity contribution in [2.45, 2.75) is 302 Å². The van der Waals surface area contributed by atoms with Gasteiger partial charge < -0.3 is 19.8 Å². The molecule has 0 fully saturated rings. The summed E-state index contributed by atoms with van der Waals surface area (Å²) in [5, 5.41) is 14.1. The Balaban J connectivity index is 4.18. The standard InChI is InChI=1S/C74H131N2O6P/c1-6-8-10-12-14-16-18-20-22-24-26-28-30-32-34-35-36-37-38-39-40-41-42-44-46-48-50-52-54-56-58-60-62-64-66-68-74(78)75-72(71-82-83(79,80)81-70-69-76(3,4)5)73(77)67-65-63-61-59-57-55-53-51-49-47-45-43-33-31-29-27-25-23-21-19-17-15-13-11-9-7-2/h8,10,14,16,20,22,26,28,32,34,36-37,39-40,42,44,48,50,54,56,72-73,77H,6-7,9,11-13,15,17-19,21,23-25,27,29-31,33,35,38,41,43,45-47,49,51-53,55,57-71H2,1-5H3,(H-,75,78,79,80)/p+1/b10-8-,16-14-,22-20-,28-26-,34-32-,37-36-,40-39-,44-42-,50-48-,56-54-. The van der Waals surface area contributed by atoms with E-state index in [1.54, 1.807) is 0 Å². The lowest BCUT2D eigenvalue weighted by atomic mass is 10.0. The fourth-order valence-corrected chi connectivity index (χ4v) is 10.4. The molecule has 0 saturated heterocycles. The molecule has 0 heterocycles. The van der Waals surface area contributed by atoms with Gasteiger partial charge in [0.1, 0.15) is 13.2 Å². The summed E-state index contributed by atoms with van der Waals surface area (Å²) in [5.41, 5.74) is 0. The van der Waals surface area contributed by atoms with Gasteiger partial charge >= 0.3 is 7.82 Å². The van der Waals surface area contributed by atoms with Gasteiger partial charge in [-0.3, -0.25) is 13.8 Å². The van der Waals surface area contributed by atoms with E-state index < -0.39 is 20.0 Å². The van der Waals surface area contributed by atoms with Gasteiger partial charge in [-0.1, -0.05) is 315 Å². The molecule has 8 nitrogen and oxygen atoms in total. The highest BCUT2D eigenvalue weighted by atomic mass is 31.2. The van der Waals surface area contributed by atoms with Gasteiger partial charge in [0.25, 0.3) is 0 Å². The first kappa shape index (κ1) is 79.9. The number of nitrogens with one attached hydrogen (secondary N) is 1. The molecule has 3 N–H and O–H groups in total. The molecule has 3 unspecified atom stereocenters. The van der Waals surface area contributed by atoms with Crippen LogP contribution in [0.1, 0.15) is 290 Å². The van der Waals surface area contributed by atoms with Crippen LogP contribution in [0.2, 0.25) is 0 Å². The van der Waals surface area contributed by atoms with Crippen LogP contribution in [0, 0.1) is 0 Å². The summed E-state index contributed by atoms with van der Waals surface area (Å²) in [6.07, 6.45) is 94.3. The Hall–Kier alpha value is -3.10. The minimum Gasteiger partial charge on any atom is -0.391 e. The lowest BCUT2D eigenvalue weighted by Gasteiger charge is -2.26. The number of phosphoric acid groups is 1. The molecule has 0 bridgehead atoms. The number of unbranched alkanes of at least 4 members (excludes halogenated alkanes) is 29. The molecule has 0 radical (unpaired) electrons. The Morgan fingerprint density at radius 1 is 0.422 bits per heavy atom. The minimum atomic E-state index is -4.35. The van der Waals surface area contributed by atoms with Crippen LogP contribution in [-0.2, 0) is 18.4 Å². The molecule has 1 amide bonds. The van der Waals surface area contributed by atoms with Gasteiger partial charge in [0.05, 0.1) is 39.9 Å². The SMILES string of the molecule is CC/C=C\C/C=C\C/C=C\C/C=C\C/C=C\C/C=C\C/C=C\C/C=C\C/C=C\C/C=C\CCCCCCC(=O)NC(COP(=O)(O)OCC[N+](C)(C)C)C(O)CCCCCCCCCCCCCCCCCCCCCCCCCCCC. The highest BCUT2D eigenvalue weighted by molar-refractivity contribution is 7.47. The van der Waals surface area contributed by atoms with Gasteiger partial charge in [-0.05, 0) is 89.9 Å². The van der Waals surface area contributed by atoms with Gasteiger partial charge in [-0.2, -0.15) is 0 Å². The first-order chi connectivity index (χ1) is 40.5. The van der Waals surface area contributed by atoms with Crippen LogP contribution in [0.25, 0.3) is 0 Å². The van der Waals surface area contributed by atoms with Crippen LogP contribution >= 0.6 is 7.82 Å². The molecule has 0 aromatic heterocycles. The van der Waals surface area contributed by atoms with Crippen LogP contribution in [0.4, 0.5) is 0 Å². The number of carbonyl (C=O) groups excluding carboxylic acids is 1. The molecular weight excluding hydrogens is 1040 g/mol. The zero-order valence-corrected chi connectivity index (χ0v) is 55.5. The maximum Gasteiger partial charge on any atom is 0.472 e. The fraction of sp³-hybridized carbons (Fsp3) is 0.716. The Morgan fingerprint density at radius 2 is 0.723 bits per heavy atom. The second-order valence-corrected chi connectivity index (χ2v) is 25.6. The smallest absolute Gasteiger partial charge is 0.391 e. The van der Waals surface area contributed by atoms with E-state index in [1.165, 1.54) is 148 Å². The van der Waals surface area contributed by atoms with Gasteiger partial charge in [-0.15, -0.1) is 0 Å². The predicted molar refractivity (Wildman–Crippen MR) is 364 cm³/mol. The number of quaternary nitrogens is 1. The Bertz CT molecular complexity index is 1770. The molecule has 9 heteroatoms. The third-order valence-electron chi connectivity index (χ3n) is 15.0. The fourth-order valence-electron chi connectivity index (χ4n) is 9.67. The van der Waals surface area contributed by atoms with Crippen LogP contribution in [-0.4, -0.2) is 73.4 Å². The summed E-state index contributed by atoms with van der Waals surface area (Å²) in [6.45, 7) is 4.77. The lowest BCUT2D eigenvalue weighted by Crippen LogP contribution is -2.46. The highest BCUT2D eigenvalue weighted by Crippen LogP contribution is 2.43. The maximum absolute atomic E-state index is 13.1. The summed E-state index contributed by atoms with van der Waals surface area (Å²) < 4.78 is 23.9. The molecule has 0 aliphatic rings. The van der Waals surface area contributed by atoms with Gasteiger partial charge in [0, 0.05) is 6.42 Å². The average molecular weight is 1180 g/mol. The van der Waals surface area contributed by atoms with Crippen molar-refractivity contribution in [1.29, 1.82) is 0 Å². The maximum atomic E-state index is 13.1. The number of likely N-dealkylation sites (N-methyl/N-ethyl adjacent to an activating group) is 1. The second kappa shape index (κ2) is 63.4. The molecule has 0 rings (SSSR count). The van der Waals surface area contributed by atoms with Crippen molar-refractivity contribution in [3.63, 3.8) is 0 Å². The molecule has 3 atom stereocenters. The molecule has 478 valence electrons. The number of amides is 1. The van der Waals surface area contributed by atoms with Crippen LogP contribution in [0.3, 0.4) is 0 Å². The van der Waals surface area contributed by atoms with E-state index in [0.717, 1.165) is 116 Å². The summed E-state index contributed by atoms with van der Waals surface area (Å²) in [6, 6.07) is -0.785. The number of carbonyl (C=O) groups is 1. The monoisotopic (exact) mass is 1180 g/mol. The number of hydrogen-bond acceptors (Lipinski definition) is 5. The Kier molecular flexibility index (Phi) is 61.0. The number of phosphoric ester groups is 1. The number of hydrogen-bond donors (Lipinski definition) is 3. The number of allylic oxidation sites excluding steroid dienone is 20. The highest BCUT2D eigenvalue weighted by Gasteiger charge is 2.28. The second-order valence-electron chi connectivity index (χ2n) is 24.2. The van der Waals surface area contributed by atoms with Gasteiger partial charge in [-0.25, -0.2) is 4.57 Å². The molecular formula is C74H132N2O6P+. The first-order valence-corrected chi connectivity index (χ1v) is 35.9. The summed E-state index contributed by atoms with van der Waals surface area (Å²) in [7, 11) is 1.59. The molecule has 0 aliphatic heterocycles. The van der Waals surface area contributed by atoms with Crippen molar-refractivity contribution in [2.75, 3.05) is 40.9 Å². The minimum absolute atomic E-state index is 0.0634. The van der Waals surface area contributed by atoms with E-state index in [2.05, 4.69) is 141 Å². The summed E-state index contributed by atoms with van der Waals surface area (Å²) >= 11 is 0. The normalized spacial score (nSPS) is 14.4. The Morgan fingerprint density at radius 3 is 1.06 bits per heavy atom. The van der Waals surface area contributed by atoms with Gasteiger partial charge in [0.2, 0.25) is 5.91 Å². The van der Waals surface area contributed by atoms with E-state index in [1.807, 2.05) is 21.1 Å². The van der Waals surface area contributed by atoms with Crippen LogP contribution in [0.5, 0.6) is 0 Å². The molecule has 0 aromatic rings. The van der Waals surface area contributed by atoms with Gasteiger partial charge in [0.15, 0.2) is 0 Å². The average Bonchev–Trinajstić information content (AvgIpc) is 3.49. The van der Waals surface area contributed by atoms with Crippen molar-refractivity contribution in [2.24, 2.45) is 0 Å². The molecule has 83 heavy (non-hydrogen) atoms. The third-order valence-corrected chi connectivity index (χ3v) is 16.0. The van der Waals surface area contributed by atoms with Crippen LogP contribution in [0.15, 0.2) is 122 Å². The van der Waals surface area contributed by atoms with Crippen molar-refractivity contribution in [1.82, 2.24) is 5.32 Å². The molecule has 0 saturated carbocycles.